The second kappa shape index (κ2) is 4.59. The van der Waals surface area contributed by atoms with E-state index in [1.165, 1.54) is 6.40 Å². The van der Waals surface area contributed by atoms with Crippen molar-refractivity contribution >= 4 is 18.5 Å². The molecule has 0 aliphatic carbocycles. The van der Waals surface area contributed by atoms with Gasteiger partial charge < -0.3 is 4.74 Å². The molecule has 1 aromatic rings. The highest BCUT2D eigenvalue weighted by atomic mass is 19.3. The fraction of sp³-hybridized carbons (Fsp3) is 0.231. The fourth-order valence-electron chi connectivity index (χ4n) is 2.07. The van der Waals surface area contributed by atoms with Crippen molar-refractivity contribution in [3.05, 3.63) is 42.4 Å². The van der Waals surface area contributed by atoms with Crippen LogP contribution >= 0.6 is 0 Å². The van der Waals surface area contributed by atoms with Crippen molar-refractivity contribution in [2.24, 2.45) is 4.99 Å². The van der Waals surface area contributed by atoms with Gasteiger partial charge in [0.15, 0.2) is 18.7 Å². The first kappa shape index (κ1) is 12.6. The molecule has 2 aliphatic heterocycles. The molecule has 2 aliphatic rings. The summed E-state index contributed by atoms with van der Waals surface area (Å²) >= 11 is 0. The molecule has 102 valence electrons. The van der Waals surface area contributed by atoms with E-state index in [4.69, 9.17) is 4.74 Å². The predicted octanol–water partition coefficient (Wildman–Crippen LogP) is 1.32. The maximum atomic E-state index is 13.0. The predicted molar refractivity (Wildman–Crippen MR) is 65.8 cm³/mol. The number of aliphatic imine (C=N–C) groups is 1. The van der Waals surface area contributed by atoms with Crippen LogP contribution in [0.5, 0.6) is 0 Å². The molecular formula is C13H10F2N3O2+. The van der Waals surface area contributed by atoms with Crippen LogP contribution in [-0.4, -0.2) is 40.0 Å². The van der Waals surface area contributed by atoms with Gasteiger partial charge >= 0.3 is 11.8 Å². The summed E-state index contributed by atoms with van der Waals surface area (Å²) in [6.07, 6.45) is 5.94. The van der Waals surface area contributed by atoms with Gasteiger partial charge in [0.25, 0.3) is 0 Å². The molecule has 0 N–H and O–H groups in total. The Hall–Kier alpha value is -2.44. The number of halogens is 2. The summed E-state index contributed by atoms with van der Waals surface area (Å²) < 4.78 is 32.2. The standard InChI is InChI=1S/C13H10F2N3O2/c14-13(15)3-6-18(7-13)12(19)10-11(20-8-17-10)9-1-4-16-5-2-9/h1-8,10-11H/q+1/t10-,11+/m0/s1. The first-order valence-corrected chi connectivity index (χ1v) is 5.89. The van der Waals surface area contributed by atoms with E-state index in [9.17, 15) is 13.6 Å². The number of nitrogens with zero attached hydrogens (tertiary/aromatic N) is 3. The number of carbonyl (C=O) groups excluding carboxylic acids is 1. The summed E-state index contributed by atoms with van der Waals surface area (Å²) in [7, 11) is 0. The average molecular weight is 278 g/mol. The molecule has 5 nitrogen and oxygen atoms in total. The number of ether oxygens (including phenoxy) is 1. The number of rotatable bonds is 2. The van der Waals surface area contributed by atoms with Gasteiger partial charge in [-0.15, -0.1) is 4.58 Å². The lowest BCUT2D eigenvalue weighted by Gasteiger charge is -2.13. The van der Waals surface area contributed by atoms with Gasteiger partial charge in [-0.1, -0.05) is 0 Å². The SMILES string of the molecule is O=C([C@H]1N=CO[C@@H]1c1ccncc1)[N+]1=CC(F)(F)C=C1. The molecule has 0 unspecified atom stereocenters. The molecule has 0 saturated carbocycles. The number of alkyl halides is 2. The molecule has 0 radical (unpaired) electrons. The molecule has 7 heteroatoms. The van der Waals surface area contributed by atoms with E-state index in [0.29, 0.717) is 17.9 Å². The van der Waals surface area contributed by atoms with E-state index >= 15 is 0 Å². The molecule has 3 rings (SSSR count). The number of amides is 1. The summed E-state index contributed by atoms with van der Waals surface area (Å²) in [4.78, 5) is 20.0. The Morgan fingerprint density at radius 1 is 1.35 bits per heavy atom. The Balaban J connectivity index is 1.85. The van der Waals surface area contributed by atoms with E-state index in [-0.39, 0.29) is 0 Å². The van der Waals surface area contributed by atoms with Gasteiger partial charge in [-0.2, -0.15) is 8.78 Å². The Kier molecular flexibility index (Phi) is 2.89. The van der Waals surface area contributed by atoms with Gasteiger partial charge in [0.05, 0.1) is 6.08 Å². The van der Waals surface area contributed by atoms with Crippen LogP contribution in [0.1, 0.15) is 11.7 Å². The zero-order chi connectivity index (χ0) is 14.2. The first-order valence-electron chi connectivity index (χ1n) is 5.89. The quantitative estimate of drug-likeness (QED) is 0.767. The van der Waals surface area contributed by atoms with E-state index in [1.807, 2.05) is 0 Å². The molecule has 0 bridgehead atoms. The van der Waals surface area contributed by atoms with Gasteiger partial charge in [-0.05, 0) is 17.7 Å². The van der Waals surface area contributed by atoms with Crippen LogP contribution in [0.4, 0.5) is 8.78 Å². The lowest BCUT2D eigenvalue weighted by molar-refractivity contribution is -0.379. The summed E-state index contributed by atoms with van der Waals surface area (Å²) in [5, 5.41) is 0. The van der Waals surface area contributed by atoms with Crippen molar-refractivity contribution in [3.63, 3.8) is 0 Å². The van der Waals surface area contributed by atoms with Crippen LogP contribution in [0.3, 0.4) is 0 Å². The zero-order valence-corrected chi connectivity index (χ0v) is 10.2. The summed E-state index contributed by atoms with van der Waals surface area (Å²) in [5.74, 6) is -3.67. The van der Waals surface area contributed by atoms with E-state index < -0.39 is 24.0 Å². The fourth-order valence-corrected chi connectivity index (χ4v) is 2.07. The zero-order valence-electron chi connectivity index (χ0n) is 10.2. The van der Waals surface area contributed by atoms with Gasteiger partial charge in [0.1, 0.15) is 0 Å². The van der Waals surface area contributed by atoms with Crippen molar-refractivity contribution in [2.75, 3.05) is 0 Å². The third kappa shape index (κ3) is 2.22. The lowest BCUT2D eigenvalue weighted by Crippen LogP contribution is -2.32. The van der Waals surface area contributed by atoms with E-state index in [1.54, 1.807) is 24.5 Å². The van der Waals surface area contributed by atoms with E-state index in [2.05, 4.69) is 9.98 Å². The number of carbonyl (C=O) groups is 1. The maximum Gasteiger partial charge on any atom is 0.421 e. The van der Waals surface area contributed by atoms with Gasteiger partial charge in [-0.25, -0.2) is 9.79 Å². The van der Waals surface area contributed by atoms with Crippen molar-refractivity contribution < 1.29 is 22.9 Å². The number of allylic oxidation sites excluding steroid dienone is 1. The summed E-state index contributed by atoms with van der Waals surface area (Å²) in [6.45, 7) is 0. The normalized spacial score (nSPS) is 26.4. The van der Waals surface area contributed by atoms with Gasteiger partial charge in [0, 0.05) is 12.4 Å². The number of pyridine rings is 1. The molecule has 2 atom stereocenters. The lowest BCUT2D eigenvalue weighted by atomic mass is 10.0. The minimum Gasteiger partial charge on any atom is -0.473 e. The van der Waals surface area contributed by atoms with Crippen molar-refractivity contribution in [1.82, 2.24) is 4.98 Å². The Morgan fingerprint density at radius 2 is 2.10 bits per heavy atom. The highest BCUT2D eigenvalue weighted by Crippen LogP contribution is 2.28. The van der Waals surface area contributed by atoms with Crippen LogP contribution in [0.2, 0.25) is 0 Å². The number of hydrogen-bond donors (Lipinski definition) is 0. The van der Waals surface area contributed by atoms with Crippen molar-refractivity contribution in [3.8, 4) is 0 Å². The molecule has 3 heterocycles. The number of aromatic nitrogens is 1. The van der Waals surface area contributed by atoms with Crippen LogP contribution < -0.4 is 0 Å². The Bertz CT molecular complexity index is 626. The molecule has 20 heavy (non-hydrogen) atoms. The summed E-state index contributed by atoms with van der Waals surface area (Å²) in [6, 6.07) is 2.50. The molecule has 0 aromatic carbocycles. The van der Waals surface area contributed by atoms with Gasteiger partial charge in [0.2, 0.25) is 12.3 Å². The van der Waals surface area contributed by atoms with Crippen molar-refractivity contribution in [2.45, 2.75) is 18.1 Å². The number of hydrogen-bond acceptors (Lipinski definition) is 4. The van der Waals surface area contributed by atoms with Crippen LogP contribution in [0, 0.1) is 0 Å². The molecular weight excluding hydrogens is 268 g/mol. The van der Waals surface area contributed by atoms with Crippen molar-refractivity contribution in [1.29, 1.82) is 0 Å². The Labute approximate surface area is 112 Å². The third-order valence-corrected chi connectivity index (χ3v) is 3.03. The van der Waals surface area contributed by atoms with Crippen LogP contribution in [0.25, 0.3) is 0 Å². The smallest absolute Gasteiger partial charge is 0.421 e. The minimum absolute atomic E-state index is 0.561. The monoisotopic (exact) mass is 278 g/mol. The van der Waals surface area contributed by atoms with Gasteiger partial charge in [-0.3, -0.25) is 4.98 Å². The molecule has 0 fully saturated rings. The molecule has 1 aromatic heterocycles. The van der Waals surface area contributed by atoms with Crippen LogP contribution in [-0.2, 0) is 9.53 Å². The van der Waals surface area contributed by atoms with Crippen LogP contribution in [0.15, 0.2) is 41.8 Å². The second-order valence-corrected chi connectivity index (χ2v) is 4.40. The maximum absolute atomic E-state index is 13.0. The minimum atomic E-state index is -3.11. The second-order valence-electron chi connectivity index (χ2n) is 4.40. The molecule has 0 saturated heterocycles. The Morgan fingerprint density at radius 3 is 2.75 bits per heavy atom. The largest absolute Gasteiger partial charge is 0.473 e. The molecule has 1 amide bonds. The average Bonchev–Trinajstić information content (AvgIpc) is 3.05. The summed E-state index contributed by atoms with van der Waals surface area (Å²) in [5.41, 5.74) is 0.714. The highest BCUT2D eigenvalue weighted by molar-refractivity contribution is 5.84. The third-order valence-electron chi connectivity index (χ3n) is 3.03. The highest BCUT2D eigenvalue weighted by Gasteiger charge is 2.44. The van der Waals surface area contributed by atoms with E-state index in [0.717, 1.165) is 10.8 Å². The first-order chi connectivity index (χ1) is 9.57. The topological polar surface area (TPSA) is 54.6 Å². The molecule has 0 spiro atoms.